The van der Waals surface area contributed by atoms with Gasteiger partial charge in [0, 0.05) is 18.1 Å². The Balaban J connectivity index is 2.69. The molecule has 0 amide bonds. The van der Waals surface area contributed by atoms with Gasteiger partial charge in [-0.05, 0) is 77.3 Å². The van der Waals surface area contributed by atoms with Crippen LogP contribution in [0.5, 0.6) is 0 Å². The van der Waals surface area contributed by atoms with Gasteiger partial charge >= 0.3 is 0 Å². The summed E-state index contributed by atoms with van der Waals surface area (Å²) in [6.45, 7) is 16.6. The third-order valence-electron chi connectivity index (χ3n) is 6.03. The Labute approximate surface area is 134 Å². The topological polar surface area (TPSA) is 15.3 Å². The molecule has 0 aromatic rings. The van der Waals surface area contributed by atoms with Crippen molar-refractivity contribution in [2.75, 3.05) is 20.1 Å². The summed E-state index contributed by atoms with van der Waals surface area (Å²) in [5, 5.41) is 3.83. The summed E-state index contributed by atoms with van der Waals surface area (Å²) >= 11 is 0. The van der Waals surface area contributed by atoms with Crippen molar-refractivity contribution in [3.05, 3.63) is 0 Å². The van der Waals surface area contributed by atoms with Crippen LogP contribution in [-0.2, 0) is 0 Å². The second kappa shape index (κ2) is 8.53. The van der Waals surface area contributed by atoms with Crippen molar-refractivity contribution in [1.29, 1.82) is 0 Å². The average Bonchev–Trinajstić information content (AvgIpc) is 2.45. The molecule has 3 atom stereocenters. The predicted molar refractivity (Wildman–Crippen MR) is 94.8 cm³/mol. The Hall–Kier alpha value is -0.0800. The second-order valence-corrected chi connectivity index (χ2v) is 8.18. The smallest absolute Gasteiger partial charge is 0.0147 e. The quantitative estimate of drug-likeness (QED) is 0.707. The second-order valence-electron chi connectivity index (χ2n) is 8.18. The first-order chi connectivity index (χ1) is 9.81. The fourth-order valence-corrected chi connectivity index (χ4v) is 3.57. The highest BCUT2D eigenvalue weighted by atomic mass is 15.2. The normalized spacial score (nSPS) is 27.6. The maximum absolute atomic E-state index is 3.83. The molecule has 1 aliphatic rings. The Kier molecular flexibility index (Phi) is 7.70. The summed E-state index contributed by atoms with van der Waals surface area (Å²) < 4.78 is 0. The van der Waals surface area contributed by atoms with Crippen molar-refractivity contribution in [2.24, 2.45) is 17.8 Å². The molecule has 1 saturated carbocycles. The van der Waals surface area contributed by atoms with Gasteiger partial charge in [0.2, 0.25) is 0 Å². The molecule has 21 heavy (non-hydrogen) atoms. The third-order valence-corrected chi connectivity index (χ3v) is 6.03. The molecule has 1 rings (SSSR count). The van der Waals surface area contributed by atoms with E-state index in [1.165, 1.54) is 45.2 Å². The van der Waals surface area contributed by atoms with E-state index in [1.54, 1.807) is 0 Å². The highest BCUT2D eigenvalue weighted by molar-refractivity contribution is 4.89. The van der Waals surface area contributed by atoms with E-state index in [0.717, 1.165) is 23.8 Å². The zero-order chi connectivity index (χ0) is 16.0. The van der Waals surface area contributed by atoms with E-state index in [9.17, 15) is 0 Å². The molecule has 0 aliphatic heterocycles. The van der Waals surface area contributed by atoms with E-state index < -0.39 is 0 Å². The summed E-state index contributed by atoms with van der Waals surface area (Å²) in [4.78, 5) is 2.60. The van der Waals surface area contributed by atoms with Gasteiger partial charge in [-0.25, -0.2) is 0 Å². The first-order valence-corrected chi connectivity index (χ1v) is 9.26. The zero-order valence-electron chi connectivity index (χ0n) is 15.7. The lowest BCUT2D eigenvalue weighted by atomic mass is 9.73. The van der Waals surface area contributed by atoms with E-state index in [1.807, 2.05) is 0 Å². The minimum absolute atomic E-state index is 0.320. The van der Waals surface area contributed by atoms with Crippen LogP contribution in [0.1, 0.15) is 73.6 Å². The van der Waals surface area contributed by atoms with Gasteiger partial charge in [0.1, 0.15) is 0 Å². The van der Waals surface area contributed by atoms with Crippen molar-refractivity contribution in [2.45, 2.75) is 85.2 Å². The fraction of sp³-hybridized carbons (Fsp3) is 1.00. The van der Waals surface area contributed by atoms with E-state index in [4.69, 9.17) is 0 Å². The van der Waals surface area contributed by atoms with Gasteiger partial charge in [0.05, 0.1) is 0 Å². The molecule has 3 unspecified atom stereocenters. The molecule has 1 fully saturated rings. The fourth-order valence-electron chi connectivity index (χ4n) is 3.57. The van der Waals surface area contributed by atoms with Gasteiger partial charge in [0.15, 0.2) is 0 Å². The van der Waals surface area contributed by atoms with Crippen LogP contribution in [-0.4, -0.2) is 36.6 Å². The van der Waals surface area contributed by atoms with Crippen molar-refractivity contribution in [1.82, 2.24) is 10.2 Å². The summed E-state index contributed by atoms with van der Waals surface area (Å²) in [6, 6.07) is 0.732. The van der Waals surface area contributed by atoms with Crippen molar-refractivity contribution in [3.63, 3.8) is 0 Å². The van der Waals surface area contributed by atoms with Crippen LogP contribution in [0.3, 0.4) is 0 Å². The standard InChI is InChI=1S/C19H40N2/c1-8-12-20-18-11-10-16(15(3)4)13-17(18)14-21(7)19(5,6)9-2/h15-18,20H,8-14H2,1-7H3. The van der Waals surface area contributed by atoms with Gasteiger partial charge in [-0.2, -0.15) is 0 Å². The first kappa shape index (κ1) is 19.0. The number of hydrogen-bond donors (Lipinski definition) is 1. The van der Waals surface area contributed by atoms with Crippen LogP contribution < -0.4 is 5.32 Å². The molecule has 126 valence electrons. The minimum atomic E-state index is 0.320. The van der Waals surface area contributed by atoms with Gasteiger partial charge in [0.25, 0.3) is 0 Å². The van der Waals surface area contributed by atoms with Gasteiger partial charge in [-0.1, -0.05) is 27.7 Å². The van der Waals surface area contributed by atoms with Crippen LogP contribution in [0.15, 0.2) is 0 Å². The third kappa shape index (κ3) is 5.56. The number of rotatable bonds is 8. The molecule has 2 nitrogen and oxygen atoms in total. The van der Waals surface area contributed by atoms with E-state index in [0.29, 0.717) is 5.54 Å². The Morgan fingerprint density at radius 3 is 2.38 bits per heavy atom. The zero-order valence-corrected chi connectivity index (χ0v) is 15.7. The van der Waals surface area contributed by atoms with Crippen LogP contribution in [0, 0.1) is 17.8 Å². The molecular formula is C19H40N2. The summed E-state index contributed by atoms with van der Waals surface area (Å²) in [5.41, 5.74) is 0.320. The largest absolute Gasteiger partial charge is 0.314 e. The lowest BCUT2D eigenvalue weighted by molar-refractivity contribution is 0.0794. The predicted octanol–water partition coefficient (Wildman–Crippen LogP) is 4.55. The van der Waals surface area contributed by atoms with Crippen molar-refractivity contribution < 1.29 is 0 Å². The SMILES string of the molecule is CCCNC1CCC(C(C)C)CC1CN(C)C(C)(C)CC. The molecule has 1 N–H and O–H groups in total. The first-order valence-electron chi connectivity index (χ1n) is 9.26. The number of nitrogens with one attached hydrogen (secondary N) is 1. The molecule has 0 radical (unpaired) electrons. The molecule has 0 spiro atoms. The molecular weight excluding hydrogens is 256 g/mol. The van der Waals surface area contributed by atoms with Gasteiger partial charge in [-0.15, -0.1) is 0 Å². The van der Waals surface area contributed by atoms with Crippen LogP contribution in [0.25, 0.3) is 0 Å². The molecule has 0 bridgehead atoms. The van der Waals surface area contributed by atoms with Crippen LogP contribution >= 0.6 is 0 Å². The van der Waals surface area contributed by atoms with Gasteiger partial charge < -0.3 is 10.2 Å². The van der Waals surface area contributed by atoms with E-state index in [-0.39, 0.29) is 0 Å². The summed E-state index contributed by atoms with van der Waals surface area (Å²) in [5.74, 6) is 2.57. The Bertz CT molecular complexity index is 285. The molecule has 0 aromatic carbocycles. The highest BCUT2D eigenvalue weighted by Gasteiger charge is 2.34. The molecule has 0 saturated heterocycles. The molecule has 0 aromatic heterocycles. The molecule has 2 heteroatoms. The average molecular weight is 297 g/mol. The Morgan fingerprint density at radius 2 is 1.86 bits per heavy atom. The summed E-state index contributed by atoms with van der Waals surface area (Å²) in [6.07, 6.45) is 6.65. The maximum Gasteiger partial charge on any atom is 0.0147 e. The van der Waals surface area contributed by atoms with Crippen molar-refractivity contribution in [3.8, 4) is 0 Å². The minimum Gasteiger partial charge on any atom is -0.314 e. The van der Waals surface area contributed by atoms with Crippen LogP contribution in [0.2, 0.25) is 0 Å². The Morgan fingerprint density at radius 1 is 1.19 bits per heavy atom. The molecule has 0 heterocycles. The maximum atomic E-state index is 3.83. The summed E-state index contributed by atoms with van der Waals surface area (Å²) in [7, 11) is 2.32. The van der Waals surface area contributed by atoms with Crippen LogP contribution in [0.4, 0.5) is 0 Å². The van der Waals surface area contributed by atoms with E-state index in [2.05, 4.69) is 58.8 Å². The lowest BCUT2D eigenvalue weighted by Crippen LogP contribution is -2.50. The lowest BCUT2D eigenvalue weighted by Gasteiger charge is -2.43. The van der Waals surface area contributed by atoms with E-state index >= 15 is 0 Å². The van der Waals surface area contributed by atoms with Gasteiger partial charge in [-0.3, -0.25) is 0 Å². The van der Waals surface area contributed by atoms with Crippen molar-refractivity contribution >= 4 is 0 Å². The molecule has 1 aliphatic carbocycles. The highest BCUT2D eigenvalue weighted by Crippen LogP contribution is 2.35. The monoisotopic (exact) mass is 296 g/mol. The number of hydrogen-bond acceptors (Lipinski definition) is 2. The number of nitrogens with zero attached hydrogens (tertiary/aromatic N) is 1.